The Labute approximate surface area is 185 Å². The van der Waals surface area contributed by atoms with Crippen LogP contribution in [0.5, 0.6) is 5.75 Å². The van der Waals surface area contributed by atoms with E-state index in [9.17, 15) is 13.8 Å². The number of hydrogen-bond acceptors (Lipinski definition) is 6. The third-order valence-corrected chi connectivity index (χ3v) is 5.00. The maximum atomic E-state index is 11.9. The quantitative estimate of drug-likeness (QED) is 0.326. The summed E-state index contributed by atoms with van der Waals surface area (Å²) in [5, 5.41) is 8.46. The molecule has 0 bridgehead atoms. The second-order valence-corrected chi connectivity index (χ2v) is 7.70. The highest BCUT2D eigenvalue weighted by Gasteiger charge is 2.11. The summed E-state index contributed by atoms with van der Waals surface area (Å²) in [5.74, 6) is 0.813. The van der Waals surface area contributed by atoms with Crippen LogP contribution < -0.4 is 24.9 Å². The summed E-state index contributed by atoms with van der Waals surface area (Å²) in [7, 11) is 0. The lowest BCUT2D eigenvalue weighted by atomic mass is 10.2. The molecule has 0 radical (unpaired) electrons. The van der Waals surface area contributed by atoms with Crippen LogP contribution in [0, 0.1) is 0 Å². The van der Waals surface area contributed by atoms with Crippen LogP contribution in [0.1, 0.15) is 26.2 Å². The van der Waals surface area contributed by atoms with E-state index in [-0.39, 0.29) is 30.9 Å². The molecule has 2 atom stereocenters. The molecule has 10 heteroatoms. The Morgan fingerprint density at radius 2 is 1.81 bits per heavy atom. The molecule has 2 rings (SSSR count). The van der Waals surface area contributed by atoms with Crippen molar-refractivity contribution in [1.29, 1.82) is 0 Å². The molecule has 0 spiro atoms. The van der Waals surface area contributed by atoms with Crippen LogP contribution in [0.3, 0.4) is 0 Å². The molecule has 1 aromatic carbocycles. The van der Waals surface area contributed by atoms with Crippen LogP contribution in [0.2, 0.25) is 0 Å². The van der Waals surface area contributed by atoms with E-state index in [2.05, 4.69) is 25.7 Å². The summed E-state index contributed by atoms with van der Waals surface area (Å²) in [4.78, 5) is 27.9. The standard InChI is InChI=1S/C21H29N5O4S/c1-17(26-31(29)30-18-9-3-2-4-10-18)15-24-21(28)16-25-20(27)12-6-8-14-23-19-11-5-7-13-22-19/h2-5,7,9-11,13,17,26H,6,8,12,14-16H2,1H3,(H,22,23)(H,24,28)(H,25,27). The van der Waals surface area contributed by atoms with Crippen LogP contribution in [0.15, 0.2) is 54.7 Å². The molecule has 0 aliphatic heterocycles. The van der Waals surface area contributed by atoms with Crippen molar-refractivity contribution in [2.75, 3.05) is 25.0 Å². The zero-order chi connectivity index (χ0) is 22.3. The molecule has 31 heavy (non-hydrogen) atoms. The first kappa shape index (κ1) is 24.3. The van der Waals surface area contributed by atoms with E-state index < -0.39 is 11.3 Å². The average molecular weight is 448 g/mol. The molecule has 0 saturated carbocycles. The fourth-order valence-corrected chi connectivity index (χ4v) is 3.23. The van der Waals surface area contributed by atoms with E-state index >= 15 is 0 Å². The number of carbonyl (C=O) groups excluding carboxylic acids is 2. The fourth-order valence-electron chi connectivity index (χ4n) is 2.48. The Morgan fingerprint density at radius 1 is 1.03 bits per heavy atom. The largest absolute Gasteiger partial charge is 0.389 e. The number of hydrogen-bond donors (Lipinski definition) is 4. The Hall–Kier alpha value is -2.98. The molecule has 9 nitrogen and oxygen atoms in total. The van der Waals surface area contributed by atoms with Gasteiger partial charge in [-0.15, -0.1) is 0 Å². The molecule has 0 aliphatic rings. The van der Waals surface area contributed by atoms with Crippen LogP contribution in [0.25, 0.3) is 0 Å². The van der Waals surface area contributed by atoms with Gasteiger partial charge in [0.15, 0.2) is 0 Å². The molecule has 2 amide bonds. The maximum absolute atomic E-state index is 11.9. The highest BCUT2D eigenvalue weighted by Crippen LogP contribution is 2.09. The lowest BCUT2D eigenvalue weighted by Gasteiger charge is -2.14. The van der Waals surface area contributed by atoms with Gasteiger partial charge < -0.3 is 20.1 Å². The minimum Gasteiger partial charge on any atom is -0.389 e. The number of pyridine rings is 1. The monoisotopic (exact) mass is 447 g/mol. The van der Waals surface area contributed by atoms with Crippen molar-refractivity contribution in [3.8, 4) is 5.75 Å². The average Bonchev–Trinajstić information content (AvgIpc) is 2.77. The zero-order valence-corrected chi connectivity index (χ0v) is 18.3. The molecule has 1 heterocycles. The molecule has 4 N–H and O–H groups in total. The molecule has 0 aliphatic carbocycles. The van der Waals surface area contributed by atoms with Crippen molar-refractivity contribution < 1.29 is 18.0 Å². The highest BCUT2D eigenvalue weighted by molar-refractivity contribution is 7.78. The number of aromatic nitrogens is 1. The minimum atomic E-state index is -1.73. The van der Waals surface area contributed by atoms with Gasteiger partial charge in [-0.05, 0) is 44.0 Å². The van der Waals surface area contributed by atoms with Gasteiger partial charge in [-0.2, -0.15) is 8.93 Å². The Bertz CT molecular complexity index is 823. The Morgan fingerprint density at radius 3 is 2.55 bits per heavy atom. The summed E-state index contributed by atoms with van der Waals surface area (Å²) >= 11 is -1.73. The first-order valence-corrected chi connectivity index (χ1v) is 11.2. The minimum absolute atomic E-state index is 0.0959. The summed E-state index contributed by atoms with van der Waals surface area (Å²) in [6.07, 6.45) is 3.60. The van der Waals surface area contributed by atoms with E-state index in [1.807, 2.05) is 24.3 Å². The summed E-state index contributed by atoms with van der Waals surface area (Å²) < 4.78 is 19.9. The van der Waals surface area contributed by atoms with E-state index in [1.54, 1.807) is 37.4 Å². The number of amides is 2. The fraction of sp³-hybridized carbons (Fsp3) is 0.381. The number of carbonyl (C=O) groups is 2. The van der Waals surface area contributed by atoms with Crippen LogP contribution in [-0.2, 0) is 20.9 Å². The molecular weight excluding hydrogens is 418 g/mol. The van der Waals surface area contributed by atoms with Crippen molar-refractivity contribution in [1.82, 2.24) is 20.3 Å². The van der Waals surface area contributed by atoms with Gasteiger partial charge in [-0.3, -0.25) is 9.59 Å². The molecule has 2 unspecified atom stereocenters. The predicted octanol–water partition coefficient (Wildman–Crippen LogP) is 1.53. The van der Waals surface area contributed by atoms with E-state index in [0.717, 1.165) is 18.8 Å². The normalized spacial score (nSPS) is 12.4. The van der Waals surface area contributed by atoms with E-state index in [1.165, 1.54) is 0 Å². The smallest absolute Gasteiger partial charge is 0.288 e. The van der Waals surface area contributed by atoms with Crippen LogP contribution >= 0.6 is 0 Å². The van der Waals surface area contributed by atoms with Gasteiger partial charge in [-0.1, -0.05) is 24.3 Å². The number of nitrogens with zero attached hydrogens (tertiary/aromatic N) is 1. The lowest BCUT2D eigenvalue weighted by molar-refractivity contribution is -0.126. The number of unbranched alkanes of at least 4 members (excludes halogenated alkanes) is 1. The molecule has 2 aromatic rings. The second kappa shape index (κ2) is 14.1. The van der Waals surface area contributed by atoms with Gasteiger partial charge in [0.1, 0.15) is 11.6 Å². The number of anilines is 1. The molecule has 1 aromatic heterocycles. The van der Waals surface area contributed by atoms with Crippen molar-refractivity contribution in [3.05, 3.63) is 54.7 Å². The summed E-state index contributed by atoms with van der Waals surface area (Å²) in [6, 6.07) is 14.2. The van der Waals surface area contributed by atoms with Gasteiger partial charge in [0.25, 0.3) is 11.3 Å². The zero-order valence-electron chi connectivity index (χ0n) is 17.5. The van der Waals surface area contributed by atoms with Crippen molar-refractivity contribution in [2.24, 2.45) is 0 Å². The van der Waals surface area contributed by atoms with Crippen LogP contribution in [0.4, 0.5) is 5.82 Å². The van der Waals surface area contributed by atoms with E-state index in [0.29, 0.717) is 18.6 Å². The second-order valence-electron chi connectivity index (χ2n) is 6.83. The summed E-state index contributed by atoms with van der Waals surface area (Å²) in [6.45, 7) is 2.65. The molecule has 168 valence electrons. The third kappa shape index (κ3) is 11.1. The number of rotatable bonds is 14. The highest BCUT2D eigenvalue weighted by atomic mass is 32.2. The predicted molar refractivity (Wildman–Crippen MR) is 120 cm³/mol. The number of nitrogens with one attached hydrogen (secondary N) is 4. The molecule has 0 fully saturated rings. The molecule has 0 saturated heterocycles. The van der Waals surface area contributed by atoms with Gasteiger partial charge in [-0.25, -0.2) is 4.98 Å². The van der Waals surface area contributed by atoms with Crippen LogP contribution in [-0.4, -0.2) is 46.7 Å². The van der Waals surface area contributed by atoms with Gasteiger partial charge >= 0.3 is 0 Å². The first-order chi connectivity index (χ1) is 15.0. The van der Waals surface area contributed by atoms with Crippen molar-refractivity contribution in [3.63, 3.8) is 0 Å². The van der Waals surface area contributed by atoms with Gasteiger partial charge in [0.2, 0.25) is 11.8 Å². The number of benzene rings is 1. The third-order valence-electron chi connectivity index (χ3n) is 4.07. The lowest BCUT2D eigenvalue weighted by Crippen LogP contribution is -2.44. The SMILES string of the molecule is CC(CNC(=O)CNC(=O)CCCCNc1ccccn1)NS(=O)Oc1ccccc1. The van der Waals surface area contributed by atoms with Gasteiger partial charge in [0.05, 0.1) is 6.54 Å². The number of para-hydroxylation sites is 1. The molecular formula is C21H29N5O4S. The van der Waals surface area contributed by atoms with Crippen molar-refractivity contribution in [2.45, 2.75) is 32.2 Å². The topological polar surface area (TPSA) is 121 Å². The summed E-state index contributed by atoms with van der Waals surface area (Å²) in [5.41, 5.74) is 0. The first-order valence-electron chi connectivity index (χ1n) is 10.1. The van der Waals surface area contributed by atoms with Gasteiger partial charge in [0, 0.05) is 31.7 Å². The van der Waals surface area contributed by atoms with E-state index in [4.69, 9.17) is 4.18 Å². The Balaban J connectivity index is 1.49. The van der Waals surface area contributed by atoms with Crippen molar-refractivity contribution >= 4 is 28.9 Å². The Kier molecular flexibility index (Phi) is 11.0. The maximum Gasteiger partial charge on any atom is 0.288 e.